The second-order valence-electron chi connectivity index (χ2n) is 6.19. The molecule has 0 aliphatic carbocycles. The van der Waals surface area contributed by atoms with E-state index in [4.69, 9.17) is 4.52 Å². The largest absolute Gasteiger partial charge is 0.364 e. The molecular weight excluding hydrogens is 312 g/mol. The van der Waals surface area contributed by atoms with Gasteiger partial charge in [-0.05, 0) is 25.3 Å². The summed E-state index contributed by atoms with van der Waals surface area (Å²) in [5, 5.41) is 14.5. The highest BCUT2D eigenvalue weighted by Gasteiger charge is 2.15. The summed E-state index contributed by atoms with van der Waals surface area (Å²) in [5.74, 6) is 0. The van der Waals surface area contributed by atoms with Gasteiger partial charge in [-0.25, -0.2) is 4.68 Å². The third kappa shape index (κ3) is 2.94. The molecule has 0 spiro atoms. The zero-order valence-corrected chi connectivity index (χ0v) is 14.3. The van der Waals surface area contributed by atoms with Gasteiger partial charge in [-0.15, -0.1) is 0 Å². The summed E-state index contributed by atoms with van der Waals surface area (Å²) in [6, 6.07) is 16.7. The molecule has 4 rings (SSSR count). The normalized spacial score (nSPS) is 12.6. The van der Waals surface area contributed by atoms with E-state index in [1.54, 1.807) is 6.26 Å². The predicted octanol–water partition coefficient (Wildman–Crippen LogP) is 4.17. The fourth-order valence-electron chi connectivity index (χ4n) is 3.18. The summed E-state index contributed by atoms with van der Waals surface area (Å²) in [4.78, 5) is 0. The maximum absolute atomic E-state index is 4.87. The lowest BCUT2D eigenvalue weighted by molar-refractivity contribution is 0.406. The third-order valence-corrected chi connectivity index (χ3v) is 4.59. The highest BCUT2D eigenvalue weighted by atomic mass is 16.5. The zero-order valence-electron chi connectivity index (χ0n) is 14.3. The summed E-state index contributed by atoms with van der Waals surface area (Å²) < 4.78 is 6.89. The minimum atomic E-state index is 0.167. The van der Waals surface area contributed by atoms with Crippen LogP contribution in [0.15, 0.2) is 65.5 Å². The Labute approximate surface area is 146 Å². The number of hydrogen-bond donors (Lipinski definition) is 1. The molecule has 25 heavy (non-hydrogen) atoms. The Morgan fingerprint density at radius 3 is 2.80 bits per heavy atom. The molecule has 4 aromatic rings. The molecule has 0 fully saturated rings. The summed E-state index contributed by atoms with van der Waals surface area (Å²) >= 11 is 0. The molecule has 0 aliphatic rings. The molecule has 0 radical (unpaired) electrons. The maximum Gasteiger partial charge on any atom is 0.124 e. The van der Waals surface area contributed by atoms with Crippen LogP contribution < -0.4 is 5.32 Å². The fourth-order valence-corrected chi connectivity index (χ4v) is 3.18. The lowest BCUT2D eigenvalue weighted by Crippen LogP contribution is -2.18. The predicted molar refractivity (Wildman–Crippen MR) is 97.6 cm³/mol. The molecule has 5 heteroatoms. The Balaban J connectivity index is 1.64. The van der Waals surface area contributed by atoms with Crippen LogP contribution in [-0.2, 0) is 6.54 Å². The molecule has 0 aliphatic heterocycles. The van der Waals surface area contributed by atoms with Crippen molar-refractivity contribution in [1.29, 1.82) is 0 Å². The Bertz CT molecular complexity index is 983. The van der Waals surface area contributed by atoms with Gasteiger partial charge in [0, 0.05) is 35.3 Å². The first-order chi connectivity index (χ1) is 12.2. The summed E-state index contributed by atoms with van der Waals surface area (Å²) in [7, 11) is 0. The molecule has 1 atom stereocenters. The van der Waals surface area contributed by atoms with Gasteiger partial charge in [0.2, 0.25) is 0 Å². The minimum Gasteiger partial charge on any atom is -0.364 e. The van der Waals surface area contributed by atoms with Gasteiger partial charge in [-0.3, -0.25) is 0 Å². The first-order valence-electron chi connectivity index (χ1n) is 8.39. The van der Waals surface area contributed by atoms with Gasteiger partial charge in [0.15, 0.2) is 0 Å². The first-order valence-corrected chi connectivity index (χ1v) is 8.39. The minimum absolute atomic E-state index is 0.167. The maximum atomic E-state index is 4.87. The van der Waals surface area contributed by atoms with Crippen molar-refractivity contribution in [1.82, 2.24) is 20.3 Å². The smallest absolute Gasteiger partial charge is 0.124 e. The number of nitrogens with one attached hydrogen (secondary N) is 1. The molecular formula is C20H20N4O. The van der Waals surface area contributed by atoms with E-state index < -0.39 is 0 Å². The number of nitrogens with zero attached hydrogens (tertiary/aromatic N) is 3. The molecule has 1 unspecified atom stereocenters. The average molecular weight is 332 g/mol. The van der Waals surface area contributed by atoms with E-state index >= 15 is 0 Å². The van der Waals surface area contributed by atoms with Crippen LogP contribution in [0.5, 0.6) is 0 Å². The standard InChI is InChI=1S/C20H20N4O/c1-14(21-12-17-10-11-25-23-17)19-13-22-24(15(19)2)20-9-5-7-16-6-3-4-8-18(16)20/h3-11,13-14,21H,12H2,1-2H3. The number of rotatable bonds is 5. The molecule has 0 saturated carbocycles. The zero-order chi connectivity index (χ0) is 17.2. The molecule has 126 valence electrons. The van der Waals surface area contributed by atoms with Crippen LogP contribution in [0.25, 0.3) is 16.5 Å². The molecule has 0 bridgehead atoms. The van der Waals surface area contributed by atoms with Crippen LogP contribution >= 0.6 is 0 Å². The molecule has 0 saturated heterocycles. The second-order valence-corrected chi connectivity index (χ2v) is 6.19. The highest BCUT2D eigenvalue weighted by molar-refractivity contribution is 5.90. The van der Waals surface area contributed by atoms with Crippen molar-refractivity contribution in [3.8, 4) is 5.69 Å². The van der Waals surface area contributed by atoms with Gasteiger partial charge in [0.1, 0.15) is 6.26 Å². The van der Waals surface area contributed by atoms with E-state index in [1.165, 1.54) is 16.3 Å². The Morgan fingerprint density at radius 1 is 1.12 bits per heavy atom. The van der Waals surface area contributed by atoms with Crippen molar-refractivity contribution in [2.75, 3.05) is 0 Å². The molecule has 1 N–H and O–H groups in total. The SMILES string of the molecule is Cc1c(C(C)NCc2ccon2)cnn1-c1cccc2ccccc12. The highest BCUT2D eigenvalue weighted by Crippen LogP contribution is 2.25. The molecule has 0 amide bonds. The molecule has 2 aromatic heterocycles. The second kappa shape index (κ2) is 6.53. The van der Waals surface area contributed by atoms with Gasteiger partial charge in [-0.1, -0.05) is 41.6 Å². The van der Waals surface area contributed by atoms with Crippen LogP contribution in [0.1, 0.15) is 29.9 Å². The van der Waals surface area contributed by atoms with Gasteiger partial charge in [0.25, 0.3) is 0 Å². The Kier molecular flexibility index (Phi) is 4.07. The number of hydrogen-bond acceptors (Lipinski definition) is 4. The molecule has 2 heterocycles. The summed E-state index contributed by atoms with van der Waals surface area (Å²) in [6.07, 6.45) is 3.53. The van der Waals surface area contributed by atoms with Crippen molar-refractivity contribution in [2.24, 2.45) is 0 Å². The summed E-state index contributed by atoms with van der Waals surface area (Å²) in [6.45, 7) is 4.91. The molecule has 2 aromatic carbocycles. The van der Waals surface area contributed by atoms with Crippen LogP contribution in [0.2, 0.25) is 0 Å². The third-order valence-electron chi connectivity index (χ3n) is 4.59. The van der Waals surface area contributed by atoms with Gasteiger partial charge >= 0.3 is 0 Å². The lowest BCUT2D eigenvalue weighted by atomic mass is 10.1. The monoisotopic (exact) mass is 332 g/mol. The van der Waals surface area contributed by atoms with E-state index in [-0.39, 0.29) is 6.04 Å². The van der Waals surface area contributed by atoms with Crippen LogP contribution in [0.3, 0.4) is 0 Å². The van der Waals surface area contributed by atoms with Crippen molar-refractivity contribution >= 4 is 10.8 Å². The average Bonchev–Trinajstić information content (AvgIpc) is 3.29. The van der Waals surface area contributed by atoms with Gasteiger partial charge < -0.3 is 9.84 Å². The Morgan fingerprint density at radius 2 is 1.96 bits per heavy atom. The van der Waals surface area contributed by atoms with Gasteiger partial charge in [-0.2, -0.15) is 5.10 Å². The Hall–Kier alpha value is -2.92. The van der Waals surface area contributed by atoms with Crippen LogP contribution in [0.4, 0.5) is 0 Å². The number of aromatic nitrogens is 3. The van der Waals surface area contributed by atoms with Crippen LogP contribution in [0, 0.1) is 6.92 Å². The van der Waals surface area contributed by atoms with E-state index in [1.807, 2.05) is 16.9 Å². The summed E-state index contributed by atoms with van der Waals surface area (Å²) in [5.41, 5.74) is 4.31. The van der Waals surface area contributed by atoms with E-state index in [9.17, 15) is 0 Å². The topological polar surface area (TPSA) is 55.9 Å². The lowest BCUT2D eigenvalue weighted by Gasteiger charge is -2.14. The number of benzene rings is 2. The van der Waals surface area contributed by atoms with Crippen molar-refractivity contribution < 1.29 is 4.52 Å². The van der Waals surface area contributed by atoms with E-state index in [2.05, 4.69) is 71.9 Å². The van der Waals surface area contributed by atoms with Crippen molar-refractivity contribution in [3.05, 3.63) is 77.9 Å². The van der Waals surface area contributed by atoms with E-state index in [0.29, 0.717) is 6.54 Å². The van der Waals surface area contributed by atoms with Crippen LogP contribution in [-0.4, -0.2) is 14.9 Å². The molecule has 5 nitrogen and oxygen atoms in total. The fraction of sp³-hybridized carbons (Fsp3) is 0.200. The first kappa shape index (κ1) is 15.6. The number of fused-ring (bicyclic) bond motifs is 1. The van der Waals surface area contributed by atoms with Crippen molar-refractivity contribution in [3.63, 3.8) is 0 Å². The van der Waals surface area contributed by atoms with Gasteiger partial charge in [0.05, 0.1) is 17.6 Å². The quantitative estimate of drug-likeness (QED) is 0.596. The van der Waals surface area contributed by atoms with E-state index in [0.717, 1.165) is 17.1 Å². The van der Waals surface area contributed by atoms with Crippen molar-refractivity contribution in [2.45, 2.75) is 26.4 Å².